The normalized spacial score (nSPS) is 12.7. The smallest absolute Gasteiger partial charge is 0.145 e. The fraction of sp³-hybridized carbons (Fsp3) is 0.160. The average molecular weight is 492 g/mol. The lowest BCUT2D eigenvalue weighted by molar-refractivity contribution is 0.289. The molecule has 6 rings (SSSR count). The van der Waals surface area contributed by atoms with Crippen molar-refractivity contribution in [1.29, 1.82) is 0 Å². The second-order valence-electron chi connectivity index (χ2n) is 8.13. The molecule has 0 saturated carbocycles. The van der Waals surface area contributed by atoms with Crippen LogP contribution in [0.3, 0.4) is 0 Å². The van der Waals surface area contributed by atoms with Gasteiger partial charge < -0.3 is 14.0 Å². The van der Waals surface area contributed by atoms with Crippen molar-refractivity contribution in [2.45, 2.75) is 20.1 Å². The third kappa shape index (κ3) is 3.77. The molecule has 0 amide bonds. The molecule has 170 valence electrons. The van der Waals surface area contributed by atoms with Crippen LogP contribution < -0.4 is 9.47 Å². The van der Waals surface area contributed by atoms with E-state index in [9.17, 15) is 0 Å². The Morgan fingerprint density at radius 3 is 2.71 bits per heavy atom. The number of aromatic nitrogens is 5. The van der Waals surface area contributed by atoms with Crippen molar-refractivity contribution in [3.63, 3.8) is 0 Å². The molecule has 3 heterocycles. The zero-order valence-electron chi connectivity index (χ0n) is 18.2. The highest BCUT2D eigenvalue weighted by Gasteiger charge is 2.21. The molecule has 0 unspecified atom stereocenters. The highest BCUT2D eigenvalue weighted by molar-refractivity contribution is 6.42. The first-order chi connectivity index (χ1) is 16.5. The molecule has 0 fully saturated rings. The molecule has 7 nitrogen and oxygen atoms in total. The van der Waals surface area contributed by atoms with Crippen LogP contribution in [0.25, 0.3) is 28.1 Å². The number of imidazole rings is 1. The summed E-state index contributed by atoms with van der Waals surface area (Å²) in [6, 6.07) is 17.5. The lowest BCUT2D eigenvalue weighted by Crippen LogP contribution is -2.05. The van der Waals surface area contributed by atoms with Crippen LogP contribution in [0, 0.1) is 6.92 Å². The van der Waals surface area contributed by atoms with Gasteiger partial charge in [-0.1, -0.05) is 46.1 Å². The minimum atomic E-state index is 0.292. The van der Waals surface area contributed by atoms with Gasteiger partial charge in [-0.2, -0.15) is 0 Å². The number of nitrogens with zero attached hydrogens (tertiary/aromatic N) is 5. The first-order valence-corrected chi connectivity index (χ1v) is 11.5. The SMILES string of the molecule is Cc1ccc(-n2cc(COc3ccc4c(c3)OCCn3c-4nc4cc(Cl)c(Cl)cc43)nn2)cc1. The van der Waals surface area contributed by atoms with Gasteiger partial charge >= 0.3 is 0 Å². The number of hydrogen-bond acceptors (Lipinski definition) is 5. The molecule has 0 atom stereocenters. The van der Waals surface area contributed by atoms with E-state index in [-0.39, 0.29) is 0 Å². The van der Waals surface area contributed by atoms with E-state index in [4.69, 9.17) is 37.7 Å². The van der Waals surface area contributed by atoms with Gasteiger partial charge in [0.15, 0.2) is 0 Å². The van der Waals surface area contributed by atoms with Crippen molar-refractivity contribution < 1.29 is 9.47 Å². The Morgan fingerprint density at radius 2 is 1.85 bits per heavy atom. The molecule has 0 spiro atoms. The van der Waals surface area contributed by atoms with Crippen LogP contribution in [-0.4, -0.2) is 31.2 Å². The fourth-order valence-corrected chi connectivity index (χ4v) is 4.36. The number of aryl methyl sites for hydroxylation is 1. The van der Waals surface area contributed by atoms with Crippen molar-refractivity contribution in [1.82, 2.24) is 24.5 Å². The number of halogens is 2. The lowest BCUT2D eigenvalue weighted by atomic mass is 10.2. The summed E-state index contributed by atoms with van der Waals surface area (Å²) in [4.78, 5) is 4.79. The van der Waals surface area contributed by atoms with Crippen molar-refractivity contribution in [3.05, 3.63) is 82.1 Å². The van der Waals surface area contributed by atoms with Crippen LogP contribution in [0.1, 0.15) is 11.3 Å². The standard InChI is InChI=1S/C25H19Cl2N5O2/c1-15-2-4-17(5-3-15)32-13-16(29-30-32)14-34-18-6-7-19-24(10-18)33-9-8-31-23-12-21(27)20(26)11-22(23)28-25(19)31/h2-7,10-13H,8-9,14H2,1H3. The summed E-state index contributed by atoms with van der Waals surface area (Å²) in [5.74, 6) is 2.21. The van der Waals surface area contributed by atoms with E-state index in [1.807, 2.05) is 54.7 Å². The lowest BCUT2D eigenvalue weighted by Gasteiger charge is -2.09. The minimum Gasteiger partial charge on any atom is -0.491 e. The number of rotatable bonds is 4. The van der Waals surface area contributed by atoms with E-state index in [0.717, 1.165) is 33.8 Å². The summed E-state index contributed by atoms with van der Waals surface area (Å²) in [6.07, 6.45) is 1.86. The zero-order chi connectivity index (χ0) is 23.2. The van der Waals surface area contributed by atoms with Gasteiger partial charge in [-0.05, 0) is 43.3 Å². The molecule has 3 aromatic carbocycles. The largest absolute Gasteiger partial charge is 0.491 e. The first kappa shape index (κ1) is 21.0. The number of benzene rings is 3. The highest BCUT2D eigenvalue weighted by atomic mass is 35.5. The molecule has 1 aliphatic heterocycles. The Labute approximate surface area is 205 Å². The van der Waals surface area contributed by atoms with Crippen LogP contribution in [0.5, 0.6) is 11.5 Å². The predicted molar refractivity (Wildman–Crippen MR) is 131 cm³/mol. The van der Waals surface area contributed by atoms with E-state index in [1.165, 1.54) is 5.56 Å². The molecule has 34 heavy (non-hydrogen) atoms. The fourth-order valence-electron chi connectivity index (χ4n) is 4.04. The van der Waals surface area contributed by atoms with Gasteiger partial charge in [0.05, 0.1) is 45.1 Å². The molecule has 0 saturated heterocycles. The molecule has 5 aromatic rings. The quantitative estimate of drug-likeness (QED) is 0.314. The van der Waals surface area contributed by atoms with Crippen LogP contribution in [0.4, 0.5) is 0 Å². The zero-order valence-corrected chi connectivity index (χ0v) is 19.7. The van der Waals surface area contributed by atoms with Crippen molar-refractivity contribution in [3.8, 4) is 28.6 Å². The molecule has 2 aromatic heterocycles. The minimum absolute atomic E-state index is 0.292. The molecule has 0 radical (unpaired) electrons. The first-order valence-electron chi connectivity index (χ1n) is 10.8. The molecule has 0 bridgehead atoms. The molecule has 0 aliphatic carbocycles. The van der Waals surface area contributed by atoms with Gasteiger partial charge in [0.25, 0.3) is 0 Å². The van der Waals surface area contributed by atoms with E-state index in [1.54, 1.807) is 10.7 Å². The Morgan fingerprint density at radius 1 is 1.03 bits per heavy atom. The van der Waals surface area contributed by atoms with E-state index in [0.29, 0.717) is 41.3 Å². The number of hydrogen-bond donors (Lipinski definition) is 0. The summed E-state index contributed by atoms with van der Waals surface area (Å²) in [7, 11) is 0. The third-order valence-electron chi connectivity index (χ3n) is 5.78. The molecule has 1 aliphatic rings. The summed E-state index contributed by atoms with van der Waals surface area (Å²) < 4.78 is 15.9. The second-order valence-corrected chi connectivity index (χ2v) is 8.94. The maximum atomic E-state index is 6.24. The average Bonchev–Trinajstić information content (AvgIpc) is 3.39. The summed E-state index contributed by atoms with van der Waals surface area (Å²) in [5.41, 5.74) is 5.49. The Bertz CT molecular complexity index is 1520. The Kier molecular flexibility index (Phi) is 5.16. The number of fused-ring (bicyclic) bond motifs is 5. The van der Waals surface area contributed by atoms with Crippen molar-refractivity contribution >= 4 is 34.2 Å². The van der Waals surface area contributed by atoms with Gasteiger partial charge in [-0.25, -0.2) is 9.67 Å². The van der Waals surface area contributed by atoms with Gasteiger partial charge in [0, 0.05) is 6.07 Å². The summed E-state index contributed by atoms with van der Waals surface area (Å²) in [6.45, 7) is 3.49. The van der Waals surface area contributed by atoms with Crippen LogP contribution in [0.15, 0.2) is 60.8 Å². The second kappa shape index (κ2) is 8.34. The predicted octanol–water partition coefficient (Wildman–Crippen LogP) is 5.87. The van der Waals surface area contributed by atoms with Crippen LogP contribution in [0.2, 0.25) is 10.0 Å². The maximum absolute atomic E-state index is 6.24. The van der Waals surface area contributed by atoms with Crippen molar-refractivity contribution in [2.24, 2.45) is 0 Å². The van der Waals surface area contributed by atoms with Gasteiger partial charge in [0.2, 0.25) is 0 Å². The molecule has 9 heteroatoms. The molecular weight excluding hydrogens is 473 g/mol. The van der Waals surface area contributed by atoms with E-state index < -0.39 is 0 Å². The number of ether oxygens (including phenoxy) is 2. The summed E-state index contributed by atoms with van der Waals surface area (Å²) >= 11 is 12.4. The van der Waals surface area contributed by atoms with E-state index in [2.05, 4.69) is 21.8 Å². The third-order valence-corrected chi connectivity index (χ3v) is 6.50. The van der Waals surface area contributed by atoms with Gasteiger partial charge in [-0.3, -0.25) is 0 Å². The molecule has 0 N–H and O–H groups in total. The highest BCUT2D eigenvalue weighted by Crippen LogP contribution is 2.38. The maximum Gasteiger partial charge on any atom is 0.145 e. The van der Waals surface area contributed by atoms with E-state index >= 15 is 0 Å². The van der Waals surface area contributed by atoms with Gasteiger partial charge in [-0.15, -0.1) is 5.10 Å². The summed E-state index contributed by atoms with van der Waals surface area (Å²) in [5, 5.41) is 9.42. The van der Waals surface area contributed by atoms with Crippen LogP contribution >= 0.6 is 23.2 Å². The Hall–Kier alpha value is -3.55. The van der Waals surface area contributed by atoms with Crippen molar-refractivity contribution in [2.75, 3.05) is 6.61 Å². The van der Waals surface area contributed by atoms with Crippen LogP contribution in [-0.2, 0) is 13.2 Å². The van der Waals surface area contributed by atoms with Gasteiger partial charge in [0.1, 0.15) is 36.2 Å². The monoisotopic (exact) mass is 491 g/mol. The Balaban J connectivity index is 1.25. The topological polar surface area (TPSA) is 67.0 Å². The molecular formula is C25H19Cl2N5O2.